The van der Waals surface area contributed by atoms with Crippen LogP contribution < -0.4 is 10.6 Å². The molecular formula is C13H25N3O. The molecule has 0 aromatic rings. The van der Waals surface area contributed by atoms with Gasteiger partial charge in [0.2, 0.25) is 0 Å². The van der Waals surface area contributed by atoms with Crippen molar-refractivity contribution >= 4 is 5.96 Å². The van der Waals surface area contributed by atoms with E-state index in [2.05, 4.69) is 36.4 Å². The van der Waals surface area contributed by atoms with Crippen molar-refractivity contribution in [3.05, 3.63) is 0 Å². The average molecular weight is 239 g/mol. The van der Waals surface area contributed by atoms with Crippen molar-refractivity contribution in [2.75, 3.05) is 20.2 Å². The van der Waals surface area contributed by atoms with E-state index in [1.54, 1.807) is 0 Å². The van der Waals surface area contributed by atoms with E-state index in [0.717, 1.165) is 25.5 Å². The summed E-state index contributed by atoms with van der Waals surface area (Å²) in [4.78, 5) is 4.26. The van der Waals surface area contributed by atoms with Crippen molar-refractivity contribution in [1.82, 2.24) is 10.6 Å². The molecule has 1 saturated carbocycles. The SMILES string of the molecule is CN=C(NCC1(C)CCCO1)NC1CC1(C)C. The maximum atomic E-state index is 5.75. The summed E-state index contributed by atoms with van der Waals surface area (Å²) >= 11 is 0. The van der Waals surface area contributed by atoms with Crippen molar-refractivity contribution in [1.29, 1.82) is 0 Å². The van der Waals surface area contributed by atoms with Crippen LogP contribution in [0.4, 0.5) is 0 Å². The average Bonchev–Trinajstić information content (AvgIpc) is 2.68. The Balaban J connectivity index is 1.77. The molecule has 0 amide bonds. The van der Waals surface area contributed by atoms with Crippen LogP contribution in [0.5, 0.6) is 0 Å². The lowest BCUT2D eigenvalue weighted by atomic mass is 10.0. The maximum Gasteiger partial charge on any atom is 0.191 e. The number of hydrogen-bond acceptors (Lipinski definition) is 2. The van der Waals surface area contributed by atoms with Gasteiger partial charge in [-0.05, 0) is 31.6 Å². The minimum absolute atomic E-state index is 0.0172. The van der Waals surface area contributed by atoms with Crippen molar-refractivity contribution in [3.8, 4) is 0 Å². The molecule has 2 unspecified atom stereocenters. The molecule has 0 spiro atoms. The quantitative estimate of drug-likeness (QED) is 0.580. The topological polar surface area (TPSA) is 45.7 Å². The smallest absolute Gasteiger partial charge is 0.191 e. The van der Waals surface area contributed by atoms with Gasteiger partial charge in [0.25, 0.3) is 0 Å². The zero-order valence-electron chi connectivity index (χ0n) is 11.5. The highest BCUT2D eigenvalue weighted by Gasteiger charge is 2.46. The molecular weight excluding hydrogens is 214 g/mol. The Kier molecular flexibility index (Phi) is 3.34. The fourth-order valence-corrected chi connectivity index (χ4v) is 2.32. The number of hydrogen-bond donors (Lipinski definition) is 2. The Morgan fingerprint density at radius 2 is 2.12 bits per heavy atom. The Morgan fingerprint density at radius 1 is 1.41 bits per heavy atom. The minimum Gasteiger partial charge on any atom is -0.373 e. The zero-order valence-corrected chi connectivity index (χ0v) is 11.5. The third-order valence-corrected chi connectivity index (χ3v) is 3.98. The van der Waals surface area contributed by atoms with Gasteiger partial charge in [-0.15, -0.1) is 0 Å². The summed E-state index contributed by atoms with van der Waals surface area (Å²) in [5.74, 6) is 0.900. The van der Waals surface area contributed by atoms with Crippen LogP contribution in [0.15, 0.2) is 4.99 Å². The van der Waals surface area contributed by atoms with Crippen LogP contribution in [0.2, 0.25) is 0 Å². The molecule has 0 radical (unpaired) electrons. The molecule has 1 aliphatic heterocycles. The standard InChI is InChI=1S/C13H25N3O/c1-12(2)8-10(12)16-11(14-4)15-9-13(3)6-5-7-17-13/h10H,5-9H2,1-4H3,(H2,14,15,16). The molecule has 2 aliphatic rings. The summed E-state index contributed by atoms with van der Waals surface area (Å²) in [5, 5.41) is 6.83. The normalized spacial score (nSPS) is 35.8. The lowest BCUT2D eigenvalue weighted by Gasteiger charge is -2.25. The molecule has 1 heterocycles. The minimum atomic E-state index is -0.0172. The number of rotatable bonds is 3. The highest BCUT2D eigenvalue weighted by atomic mass is 16.5. The van der Waals surface area contributed by atoms with E-state index in [1.807, 2.05) is 7.05 Å². The van der Waals surface area contributed by atoms with E-state index in [-0.39, 0.29) is 5.60 Å². The lowest BCUT2D eigenvalue weighted by molar-refractivity contribution is 0.0242. The van der Waals surface area contributed by atoms with Crippen molar-refractivity contribution in [2.24, 2.45) is 10.4 Å². The van der Waals surface area contributed by atoms with Crippen LogP contribution >= 0.6 is 0 Å². The summed E-state index contributed by atoms with van der Waals surface area (Å²) in [7, 11) is 1.82. The fourth-order valence-electron chi connectivity index (χ4n) is 2.32. The second-order valence-corrected chi connectivity index (χ2v) is 6.22. The molecule has 4 nitrogen and oxygen atoms in total. The molecule has 1 saturated heterocycles. The first-order valence-corrected chi connectivity index (χ1v) is 6.56. The van der Waals surface area contributed by atoms with E-state index in [4.69, 9.17) is 4.74 Å². The third kappa shape index (κ3) is 3.12. The van der Waals surface area contributed by atoms with Crippen LogP contribution in [0.25, 0.3) is 0 Å². The van der Waals surface area contributed by atoms with Gasteiger partial charge in [0.15, 0.2) is 5.96 Å². The van der Waals surface area contributed by atoms with Gasteiger partial charge in [0.05, 0.1) is 5.60 Å². The van der Waals surface area contributed by atoms with Crippen LogP contribution in [-0.2, 0) is 4.74 Å². The number of ether oxygens (including phenoxy) is 1. The third-order valence-electron chi connectivity index (χ3n) is 3.98. The number of guanidine groups is 1. The first kappa shape index (κ1) is 12.7. The Bertz CT molecular complexity index is 306. The molecule has 2 atom stereocenters. The molecule has 0 bridgehead atoms. The summed E-state index contributed by atoms with van der Waals surface area (Å²) in [5.41, 5.74) is 0.405. The first-order valence-electron chi connectivity index (χ1n) is 6.56. The van der Waals surface area contributed by atoms with E-state index >= 15 is 0 Å². The van der Waals surface area contributed by atoms with Gasteiger partial charge in [-0.25, -0.2) is 0 Å². The summed E-state index contributed by atoms with van der Waals surface area (Å²) in [6.07, 6.45) is 3.52. The van der Waals surface area contributed by atoms with E-state index < -0.39 is 0 Å². The van der Waals surface area contributed by atoms with Gasteiger partial charge in [-0.1, -0.05) is 13.8 Å². The van der Waals surface area contributed by atoms with Crippen LogP contribution in [0.3, 0.4) is 0 Å². The molecule has 0 aromatic carbocycles. The van der Waals surface area contributed by atoms with Crippen LogP contribution in [0.1, 0.15) is 40.0 Å². The van der Waals surface area contributed by atoms with Gasteiger partial charge in [0.1, 0.15) is 0 Å². The molecule has 1 aliphatic carbocycles. The maximum absolute atomic E-state index is 5.75. The Morgan fingerprint density at radius 3 is 2.59 bits per heavy atom. The summed E-state index contributed by atoms with van der Waals surface area (Å²) < 4.78 is 5.75. The van der Waals surface area contributed by atoms with Gasteiger partial charge < -0.3 is 15.4 Å². The number of nitrogens with one attached hydrogen (secondary N) is 2. The number of aliphatic imine (C=N–C) groups is 1. The summed E-state index contributed by atoms with van der Waals surface area (Å²) in [6, 6.07) is 0.561. The van der Waals surface area contributed by atoms with E-state index in [9.17, 15) is 0 Å². The predicted molar refractivity (Wildman–Crippen MR) is 70.3 cm³/mol. The molecule has 98 valence electrons. The van der Waals surface area contributed by atoms with Crippen molar-refractivity contribution in [3.63, 3.8) is 0 Å². The van der Waals surface area contributed by atoms with Crippen molar-refractivity contribution in [2.45, 2.75) is 51.7 Å². The Hall–Kier alpha value is -0.770. The second-order valence-electron chi connectivity index (χ2n) is 6.22. The van der Waals surface area contributed by atoms with Crippen molar-refractivity contribution < 1.29 is 4.74 Å². The van der Waals surface area contributed by atoms with Crippen LogP contribution in [-0.4, -0.2) is 37.8 Å². The second kappa shape index (κ2) is 4.48. The number of nitrogens with zero attached hydrogens (tertiary/aromatic N) is 1. The monoisotopic (exact) mass is 239 g/mol. The van der Waals surface area contributed by atoms with Gasteiger partial charge in [0, 0.05) is 26.2 Å². The molecule has 2 rings (SSSR count). The first-order chi connectivity index (χ1) is 7.95. The largest absolute Gasteiger partial charge is 0.373 e. The van der Waals surface area contributed by atoms with Gasteiger partial charge in [-0.3, -0.25) is 4.99 Å². The highest BCUT2D eigenvalue weighted by Crippen LogP contribution is 2.44. The molecule has 17 heavy (non-hydrogen) atoms. The zero-order chi connectivity index (χ0) is 12.5. The molecule has 4 heteroatoms. The lowest BCUT2D eigenvalue weighted by Crippen LogP contribution is -2.46. The Labute approximate surface area is 104 Å². The molecule has 0 aromatic heterocycles. The molecule has 2 fully saturated rings. The predicted octanol–water partition coefficient (Wildman–Crippen LogP) is 1.52. The van der Waals surface area contributed by atoms with Crippen LogP contribution in [0, 0.1) is 5.41 Å². The molecule has 2 N–H and O–H groups in total. The van der Waals surface area contributed by atoms with Gasteiger partial charge in [-0.2, -0.15) is 0 Å². The van der Waals surface area contributed by atoms with E-state index in [0.29, 0.717) is 11.5 Å². The summed E-state index contributed by atoms with van der Waals surface area (Å²) in [6.45, 7) is 8.44. The van der Waals surface area contributed by atoms with Gasteiger partial charge >= 0.3 is 0 Å². The highest BCUT2D eigenvalue weighted by molar-refractivity contribution is 5.80. The van der Waals surface area contributed by atoms with E-state index in [1.165, 1.54) is 12.8 Å². The fraction of sp³-hybridized carbons (Fsp3) is 0.923.